The molecule has 30 heavy (non-hydrogen) atoms. The van der Waals surface area contributed by atoms with Crippen molar-refractivity contribution in [2.45, 2.75) is 0 Å². The van der Waals surface area contributed by atoms with Gasteiger partial charge in [-0.3, -0.25) is 0 Å². The molecule has 0 N–H and O–H groups in total. The van der Waals surface area contributed by atoms with Gasteiger partial charge < -0.3 is 14.4 Å². The maximum absolute atomic E-state index is 12.6. The summed E-state index contributed by atoms with van der Waals surface area (Å²) >= 11 is 3.48. The van der Waals surface area contributed by atoms with E-state index < -0.39 is 5.97 Å². The number of aliphatic imine (C=N–C) groups is 1. The lowest BCUT2D eigenvalue weighted by atomic mass is 10.1. The van der Waals surface area contributed by atoms with Gasteiger partial charge in [-0.05, 0) is 46.3 Å². The van der Waals surface area contributed by atoms with Gasteiger partial charge in [0.1, 0.15) is 5.82 Å². The van der Waals surface area contributed by atoms with Crippen molar-refractivity contribution in [1.29, 1.82) is 0 Å². The largest absolute Gasteiger partial charge is 0.402 e. The summed E-state index contributed by atoms with van der Waals surface area (Å²) in [5, 5.41) is 1.00. The molecule has 7 heteroatoms. The molecule has 0 aliphatic carbocycles. The maximum Gasteiger partial charge on any atom is 0.363 e. The Morgan fingerprint density at radius 1 is 1.03 bits per heavy atom. The topological polar surface area (TPSA) is 64.0 Å². The zero-order valence-corrected chi connectivity index (χ0v) is 17.6. The lowest BCUT2D eigenvalue weighted by Crippen LogP contribution is -2.37. The highest BCUT2D eigenvalue weighted by Crippen LogP contribution is 2.29. The summed E-state index contributed by atoms with van der Waals surface area (Å²) in [5.41, 5.74) is 2.74. The van der Waals surface area contributed by atoms with Gasteiger partial charge in [-0.15, -0.1) is 0 Å². The molecule has 5 rings (SSSR count). The summed E-state index contributed by atoms with van der Waals surface area (Å²) < 4.78 is 11.8. The van der Waals surface area contributed by atoms with E-state index in [0.717, 1.165) is 45.4 Å². The minimum absolute atomic E-state index is 0.257. The van der Waals surface area contributed by atoms with E-state index in [9.17, 15) is 4.79 Å². The number of benzene rings is 2. The van der Waals surface area contributed by atoms with Crippen LogP contribution < -0.4 is 4.90 Å². The van der Waals surface area contributed by atoms with Crippen molar-refractivity contribution < 1.29 is 14.3 Å². The van der Waals surface area contributed by atoms with Gasteiger partial charge in [-0.1, -0.05) is 30.3 Å². The molecule has 1 fully saturated rings. The first-order valence-electron chi connectivity index (χ1n) is 9.69. The zero-order chi connectivity index (χ0) is 20.5. The van der Waals surface area contributed by atoms with Crippen LogP contribution in [0.5, 0.6) is 0 Å². The molecule has 0 spiro atoms. The predicted molar refractivity (Wildman–Crippen MR) is 120 cm³/mol. The minimum atomic E-state index is -0.471. The number of hydrogen-bond donors (Lipinski definition) is 0. The molecule has 3 heterocycles. The van der Waals surface area contributed by atoms with Crippen LogP contribution in [0.4, 0.5) is 5.82 Å². The molecule has 2 aliphatic rings. The number of pyridine rings is 1. The number of morpholine rings is 1. The average Bonchev–Trinajstić information content (AvgIpc) is 3.14. The number of fused-ring (bicyclic) bond motifs is 1. The molecule has 0 bridgehead atoms. The summed E-state index contributed by atoms with van der Waals surface area (Å²) in [4.78, 5) is 24.1. The third-order valence-electron chi connectivity index (χ3n) is 5.06. The molecule has 0 saturated carbocycles. The van der Waals surface area contributed by atoms with Crippen LogP contribution in [0.15, 0.2) is 69.8 Å². The quantitative estimate of drug-likeness (QED) is 0.430. The van der Waals surface area contributed by atoms with Crippen LogP contribution in [0.25, 0.3) is 17.0 Å². The second-order valence-corrected chi connectivity index (χ2v) is 7.86. The minimum Gasteiger partial charge on any atom is -0.402 e. The molecule has 3 aromatic rings. The van der Waals surface area contributed by atoms with Gasteiger partial charge >= 0.3 is 5.97 Å². The Morgan fingerprint density at radius 2 is 1.80 bits per heavy atom. The van der Waals surface area contributed by atoms with Gasteiger partial charge in [0, 0.05) is 28.5 Å². The maximum atomic E-state index is 12.6. The molecule has 1 saturated heterocycles. The van der Waals surface area contributed by atoms with E-state index in [0.29, 0.717) is 19.1 Å². The number of cyclic esters (lactones) is 1. The van der Waals surface area contributed by atoms with Crippen LogP contribution in [-0.2, 0) is 14.3 Å². The van der Waals surface area contributed by atoms with E-state index in [-0.39, 0.29) is 5.70 Å². The molecule has 6 nitrogen and oxygen atoms in total. The normalized spacial score (nSPS) is 18.0. The van der Waals surface area contributed by atoms with Gasteiger partial charge in [0.2, 0.25) is 5.90 Å². The van der Waals surface area contributed by atoms with Gasteiger partial charge in [0.15, 0.2) is 5.70 Å². The number of esters is 1. The van der Waals surface area contributed by atoms with E-state index in [2.05, 4.69) is 25.8 Å². The summed E-state index contributed by atoms with van der Waals surface area (Å²) in [5.74, 6) is 0.643. The first kappa shape index (κ1) is 19.0. The summed E-state index contributed by atoms with van der Waals surface area (Å²) in [6.07, 6.45) is 1.76. The fourth-order valence-corrected chi connectivity index (χ4v) is 4.02. The summed E-state index contributed by atoms with van der Waals surface area (Å²) in [6.45, 7) is 2.79. The Labute approximate surface area is 182 Å². The molecule has 0 atom stereocenters. The van der Waals surface area contributed by atoms with Crippen molar-refractivity contribution >= 4 is 50.6 Å². The van der Waals surface area contributed by atoms with Crippen LogP contribution in [0.3, 0.4) is 0 Å². The van der Waals surface area contributed by atoms with E-state index in [1.807, 2.05) is 54.6 Å². The molecule has 2 aromatic carbocycles. The number of aromatic nitrogens is 1. The molecule has 0 unspecified atom stereocenters. The van der Waals surface area contributed by atoms with E-state index in [1.165, 1.54) is 0 Å². The highest BCUT2D eigenvalue weighted by molar-refractivity contribution is 9.10. The first-order valence-corrected chi connectivity index (χ1v) is 10.5. The SMILES string of the molecule is O=C1OC(c2ccccc2Br)=N/C1=C\c1cc2ccccc2nc1N1CCOCC1. The van der Waals surface area contributed by atoms with Crippen molar-refractivity contribution in [2.75, 3.05) is 31.2 Å². The lowest BCUT2D eigenvalue weighted by molar-refractivity contribution is -0.129. The number of ether oxygens (including phenoxy) is 2. The standard InChI is InChI=1S/C23H18BrN3O3/c24-18-7-3-2-6-17(18)22-26-20(23(28)30-22)14-16-13-15-5-1-4-8-19(15)25-21(16)27-9-11-29-12-10-27/h1-8,13-14H,9-12H2/b20-14-. The fraction of sp³-hybridized carbons (Fsp3) is 0.174. The number of hydrogen-bond acceptors (Lipinski definition) is 6. The number of carbonyl (C=O) groups is 1. The molecule has 2 aliphatic heterocycles. The number of nitrogens with zero attached hydrogens (tertiary/aromatic N) is 3. The third-order valence-corrected chi connectivity index (χ3v) is 5.75. The summed E-state index contributed by atoms with van der Waals surface area (Å²) in [7, 11) is 0. The molecular weight excluding hydrogens is 446 g/mol. The van der Waals surface area contributed by atoms with Crippen molar-refractivity contribution in [3.05, 3.63) is 75.9 Å². The van der Waals surface area contributed by atoms with Gasteiger partial charge in [0.05, 0.1) is 24.3 Å². The van der Waals surface area contributed by atoms with Crippen LogP contribution >= 0.6 is 15.9 Å². The Bertz CT molecular complexity index is 1200. The number of para-hydroxylation sites is 1. The highest BCUT2D eigenvalue weighted by Gasteiger charge is 2.26. The number of rotatable bonds is 3. The Hall–Kier alpha value is -3.03. The fourth-order valence-electron chi connectivity index (χ4n) is 3.56. The molecular formula is C23H18BrN3O3. The Morgan fingerprint density at radius 3 is 2.63 bits per heavy atom. The van der Waals surface area contributed by atoms with Crippen LogP contribution in [0.2, 0.25) is 0 Å². The lowest BCUT2D eigenvalue weighted by Gasteiger charge is -2.29. The Kier molecular flexibility index (Phi) is 5.06. The number of carbonyl (C=O) groups excluding carboxylic acids is 1. The van der Waals surface area contributed by atoms with Crippen LogP contribution in [0, 0.1) is 0 Å². The van der Waals surface area contributed by atoms with Crippen molar-refractivity contribution in [3.8, 4) is 0 Å². The van der Waals surface area contributed by atoms with Gasteiger partial charge in [-0.25, -0.2) is 14.8 Å². The molecule has 1 aromatic heterocycles. The van der Waals surface area contributed by atoms with Crippen LogP contribution in [-0.4, -0.2) is 43.2 Å². The van der Waals surface area contributed by atoms with Gasteiger partial charge in [-0.2, -0.15) is 0 Å². The van der Waals surface area contributed by atoms with E-state index >= 15 is 0 Å². The number of anilines is 1. The number of halogens is 1. The van der Waals surface area contributed by atoms with Crippen molar-refractivity contribution in [3.63, 3.8) is 0 Å². The van der Waals surface area contributed by atoms with Gasteiger partial charge in [0.25, 0.3) is 0 Å². The second kappa shape index (κ2) is 8.01. The molecule has 0 radical (unpaired) electrons. The second-order valence-electron chi connectivity index (χ2n) is 7.01. The first-order chi connectivity index (χ1) is 14.7. The predicted octanol–water partition coefficient (Wildman–Crippen LogP) is 4.18. The monoisotopic (exact) mass is 463 g/mol. The molecule has 150 valence electrons. The average molecular weight is 464 g/mol. The Balaban J connectivity index is 1.60. The zero-order valence-electron chi connectivity index (χ0n) is 16.0. The van der Waals surface area contributed by atoms with Crippen molar-refractivity contribution in [1.82, 2.24) is 4.98 Å². The van der Waals surface area contributed by atoms with E-state index in [4.69, 9.17) is 14.5 Å². The van der Waals surface area contributed by atoms with E-state index in [1.54, 1.807) is 6.08 Å². The highest BCUT2D eigenvalue weighted by atomic mass is 79.9. The smallest absolute Gasteiger partial charge is 0.363 e. The van der Waals surface area contributed by atoms with Crippen molar-refractivity contribution in [2.24, 2.45) is 4.99 Å². The van der Waals surface area contributed by atoms with Crippen LogP contribution in [0.1, 0.15) is 11.1 Å². The third kappa shape index (κ3) is 3.62. The molecule has 0 amide bonds. The summed E-state index contributed by atoms with van der Waals surface area (Å²) in [6, 6.07) is 17.5.